The minimum Gasteiger partial charge on any atom is -0.317 e. The summed E-state index contributed by atoms with van der Waals surface area (Å²) in [6, 6.07) is 0. The minimum absolute atomic E-state index is 0.651. The highest BCUT2D eigenvalue weighted by Gasteiger charge is 1.88. The molecule has 0 saturated heterocycles. The first-order valence-corrected chi connectivity index (χ1v) is 4.63. The second-order valence-corrected chi connectivity index (χ2v) is 2.72. The molecule has 12 heavy (non-hydrogen) atoms. The van der Waals surface area contributed by atoms with Gasteiger partial charge in [-0.2, -0.15) is 0 Å². The molecular formula is C8H18N4. The van der Waals surface area contributed by atoms with Gasteiger partial charge in [0.15, 0.2) is 0 Å². The van der Waals surface area contributed by atoms with Crippen molar-refractivity contribution in [1.29, 1.82) is 0 Å². The van der Waals surface area contributed by atoms with Gasteiger partial charge in [0.05, 0.1) is 0 Å². The van der Waals surface area contributed by atoms with Crippen LogP contribution in [0.3, 0.4) is 0 Å². The summed E-state index contributed by atoms with van der Waals surface area (Å²) in [7, 11) is 0. The van der Waals surface area contributed by atoms with Gasteiger partial charge in [-0.1, -0.05) is 24.9 Å². The van der Waals surface area contributed by atoms with Gasteiger partial charge in [0.2, 0.25) is 0 Å². The number of nitrogens with one attached hydrogen (secondary N) is 1. The highest BCUT2D eigenvalue weighted by molar-refractivity contribution is 4.50. The molecule has 0 bridgehead atoms. The van der Waals surface area contributed by atoms with E-state index in [1.54, 1.807) is 0 Å². The number of hydrogen-bond donors (Lipinski definition) is 1. The van der Waals surface area contributed by atoms with Crippen LogP contribution in [-0.2, 0) is 0 Å². The molecule has 0 fully saturated rings. The SMILES string of the molecule is CCNCCCCCCN=[N+]=[N-]. The highest BCUT2D eigenvalue weighted by atomic mass is 15.1. The second-order valence-electron chi connectivity index (χ2n) is 2.72. The molecule has 4 heteroatoms. The molecule has 0 heterocycles. The average Bonchev–Trinajstić information content (AvgIpc) is 2.10. The molecular weight excluding hydrogens is 152 g/mol. The van der Waals surface area contributed by atoms with Crippen molar-refractivity contribution in [3.63, 3.8) is 0 Å². The zero-order chi connectivity index (χ0) is 9.07. The summed E-state index contributed by atoms with van der Waals surface area (Å²) in [5.74, 6) is 0. The molecule has 0 rings (SSSR count). The minimum atomic E-state index is 0.651. The van der Waals surface area contributed by atoms with Crippen LogP contribution in [-0.4, -0.2) is 19.6 Å². The van der Waals surface area contributed by atoms with Gasteiger partial charge in [0, 0.05) is 11.5 Å². The van der Waals surface area contributed by atoms with Gasteiger partial charge in [0.25, 0.3) is 0 Å². The molecule has 0 aromatic rings. The Morgan fingerprint density at radius 1 is 1.25 bits per heavy atom. The lowest BCUT2D eigenvalue weighted by molar-refractivity contribution is 0.601. The van der Waals surface area contributed by atoms with E-state index in [4.69, 9.17) is 5.53 Å². The van der Waals surface area contributed by atoms with Crippen molar-refractivity contribution in [3.05, 3.63) is 10.4 Å². The van der Waals surface area contributed by atoms with Gasteiger partial charge in [-0.05, 0) is 31.5 Å². The Labute approximate surface area is 74.0 Å². The van der Waals surface area contributed by atoms with Gasteiger partial charge in [-0.15, -0.1) is 0 Å². The third kappa shape index (κ3) is 9.27. The van der Waals surface area contributed by atoms with E-state index in [1.165, 1.54) is 19.3 Å². The van der Waals surface area contributed by atoms with Crippen molar-refractivity contribution in [2.24, 2.45) is 5.11 Å². The Morgan fingerprint density at radius 2 is 2.00 bits per heavy atom. The summed E-state index contributed by atoms with van der Waals surface area (Å²) in [4.78, 5) is 2.70. The average molecular weight is 170 g/mol. The maximum Gasteiger partial charge on any atom is 0.0257 e. The van der Waals surface area contributed by atoms with Crippen LogP contribution in [0.25, 0.3) is 10.4 Å². The van der Waals surface area contributed by atoms with Gasteiger partial charge in [0.1, 0.15) is 0 Å². The van der Waals surface area contributed by atoms with Crippen molar-refractivity contribution < 1.29 is 0 Å². The Hall–Kier alpha value is -0.730. The Balaban J connectivity index is 2.86. The van der Waals surface area contributed by atoms with E-state index in [9.17, 15) is 0 Å². The van der Waals surface area contributed by atoms with Crippen LogP contribution in [0.15, 0.2) is 5.11 Å². The Morgan fingerprint density at radius 3 is 2.67 bits per heavy atom. The molecule has 0 aromatic heterocycles. The van der Waals surface area contributed by atoms with E-state index < -0.39 is 0 Å². The van der Waals surface area contributed by atoms with Crippen LogP contribution in [0.1, 0.15) is 32.6 Å². The number of azide groups is 1. The van der Waals surface area contributed by atoms with Crippen LogP contribution in [0.5, 0.6) is 0 Å². The molecule has 0 aromatic carbocycles. The largest absolute Gasteiger partial charge is 0.317 e. The first-order valence-electron chi connectivity index (χ1n) is 4.63. The van der Waals surface area contributed by atoms with E-state index in [2.05, 4.69) is 22.3 Å². The van der Waals surface area contributed by atoms with Crippen molar-refractivity contribution in [2.45, 2.75) is 32.6 Å². The fraction of sp³-hybridized carbons (Fsp3) is 1.00. The van der Waals surface area contributed by atoms with Crippen molar-refractivity contribution in [3.8, 4) is 0 Å². The molecule has 0 spiro atoms. The van der Waals surface area contributed by atoms with E-state index >= 15 is 0 Å². The van der Waals surface area contributed by atoms with E-state index in [-0.39, 0.29) is 0 Å². The predicted octanol–water partition coefficient (Wildman–Crippen LogP) is 2.47. The number of rotatable bonds is 8. The first-order chi connectivity index (χ1) is 5.91. The zero-order valence-corrected chi connectivity index (χ0v) is 7.79. The normalized spacial score (nSPS) is 9.42. The number of nitrogens with zero attached hydrogens (tertiary/aromatic N) is 3. The summed E-state index contributed by atoms with van der Waals surface area (Å²) in [5.41, 5.74) is 7.99. The van der Waals surface area contributed by atoms with Gasteiger partial charge in [-0.3, -0.25) is 0 Å². The maximum absolute atomic E-state index is 7.99. The fourth-order valence-electron chi connectivity index (χ4n) is 1.01. The fourth-order valence-corrected chi connectivity index (χ4v) is 1.01. The summed E-state index contributed by atoms with van der Waals surface area (Å²) in [6.45, 7) is 4.93. The Kier molecular flexibility index (Phi) is 9.65. The summed E-state index contributed by atoms with van der Waals surface area (Å²) >= 11 is 0. The summed E-state index contributed by atoms with van der Waals surface area (Å²) < 4.78 is 0. The molecule has 1 N–H and O–H groups in total. The zero-order valence-electron chi connectivity index (χ0n) is 7.79. The maximum atomic E-state index is 7.99. The molecule has 70 valence electrons. The number of hydrogen-bond acceptors (Lipinski definition) is 2. The molecule has 4 nitrogen and oxygen atoms in total. The summed E-state index contributed by atoms with van der Waals surface area (Å²) in [6.07, 6.45) is 4.65. The molecule has 0 aliphatic heterocycles. The van der Waals surface area contributed by atoms with E-state index in [0.29, 0.717) is 6.54 Å². The van der Waals surface area contributed by atoms with Gasteiger partial charge < -0.3 is 5.32 Å². The molecule has 0 atom stereocenters. The quantitative estimate of drug-likeness (QED) is 0.258. The van der Waals surface area contributed by atoms with E-state index in [0.717, 1.165) is 19.5 Å². The van der Waals surface area contributed by atoms with Crippen LogP contribution >= 0.6 is 0 Å². The Bertz CT molecular complexity index is 129. The lowest BCUT2D eigenvalue weighted by atomic mass is 10.2. The lowest BCUT2D eigenvalue weighted by Crippen LogP contribution is -2.13. The van der Waals surface area contributed by atoms with Crippen LogP contribution in [0.4, 0.5) is 0 Å². The topological polar surface area (TPSA) is 60.8 Å². The van der Waals surface area contributed by atoms with Crippen LogP contribution in [0, 0.1) is 0 Å². The molecule has 0 radical (unpaired) electrons. The van der Waals surface area contributed by atoms with Crippen LogP contribution < -0.4 is 5.32 Å². The van der Waals surface area contributed by atoms with Crippen molar-refractivity contribution in [2.75, 3.05) is 19.6 Å². The molecule has 0 aliphatic rings. The second kappa shape index (κ2) is 10.3. The molecule has 0 unspecified atom stereocenters. The molecule has 0 amide bonds. The smallest absolute Gasteiger partial charge is 0.0257 e. The standard InChI is InChI=1S/C8H18N4/c1-2-10-7-5-3-4-6-8-11-12-9/h10H,2-8H2,1H3. The number of unbranched alkanes of at least 4 members (excludes halogenated alkanes) is 3. The van der Waals surface area contributed by atoms with Gasteiger partial charge in [-0.25, -0.2) is 0 Å². The third-order valence-corrected chi connectivity index (χ3v) is 1.67. The molecule has 0 saturated carbocycles. The van der Waals surface area contributed by atoms with Crippen LogP contribution in [0.2, 0.25) is 0 Å². The van der Waals surface area contributed by atoms with Crippen molar-refractivity contribution >= 4 is 0 Å². The first kappa shape index (κ1) is 11.3. The van der Waals surface area contributed by atoms with Crippen molar-refractivity contribution in [1.82, 2.24) is 5.32 Å². The summed E-state index contributed by atoms with van der Waals surface area (Å²) in [5, 5.41) is 6.74. The lowest BCUT2D eigenvalue weighted by Gasteiger charge is -1.99. The van der Waals surface area contributed by atoms with E-state index in [1.807, 2.05) is 0 Å². The predicted molar refractivity (Wildman–Crippen MR) is 51.0 cm³/mol. The molecule has 0 aliphatic carbocycles. The monoisotopic (exact) mass is 170 g/mol. The van der Waals surface area contributed by atoms with Gasteiger partial charge >= 0.3 is 0 Å². The third-order valence-electron chi connectivity index (χ3n) is 1.67. The highest BCUT2D eigenvalue weighted by Crippen LogP contribution is 1.98.